The van der Waals surface area contributed by atoms with Crippen LogP contribution in [0, 0.1) is 20.8 Å². The van der Waals surface area contributed by atoms with Crippen molar-refractivity contribution < 1.29 is 9.59 Å². The number of halogens is 1. The molecule has 140 valence electrons. The van der Waals surface area contributed by atoms with E-state index in [1.54, 1.807) is 19.2 Å². The van der Waals surface area contributed by atoms with Crippen LogP contribution in [0.15, 0.2) is 42.5 Å². The molecule has 0 aliphatic heterocycles. The lowest BCUT2D eigenvalue weighted by atomic mass is 10.1. The summed E-state index contributed by atoms with van der Waals surface area (Å²) in [5.74, 6) is -0.537. The Labute approximate surface area is 161 Å². The van der Waals surface area contributed by atoms with Crippen molar-refractivity contribution in [3.63, 3.8) is 0 Å². The van der Waals surface area contributed by atoms with Gasteiger partial charge in [0.15, 0.2) is 0 Å². The summed E-state index contributed by atoms with van der Waals surface area (Å²) in [6.45, 7) is 5.88. The largest absolute Gasteiger partial charge is 0.335 e. The highest BCUT2D eigenvalue weighted by Gasteiger charge is 2.21. The Bertz CT molecular complexity index is 755. The molecule has 2 aromatic carbocycles. The van der Waals surface area contributed by atoms with Gasteiger partial charge in [0.05, 0.1) is 6.54 Å². The van der Waals surface area contributed by atoms with Crippen LogP contribution in [0.25, 0.3) is 0 Å². The maximum absolute atomic E-state index is 12.4. The average molecular weight is 376 g/mol. The van der Waals surface area contributed by atoms with E-state index in [4.69, 9.17) is 5.73 Å². The topological polar surface area (TPSA) is 75.4 Å². The number of aryl methyl sites for hydroxylation is 3. The van der Waals surface area contributed by atoms with Crippen LogP contribution in [0.3, 0.4) is 0 Å². The predicted octanol–water partition coefficient (Wildman–Crippen LogP) is 3.13. The number of carbonyl (C=O) groups is 2. The number of hydrogen-bond donors (Lipinski definition) is 2. The van der Waals surface area contributed by atoms with Gasteiger partial charge in [-0.25, -0.2) is 0 Å². The Morgan fingerprint density at radius 3 is 2.15 bits per heavy atom. The minimum Gasteiger partial charge on any atom is -0.335 e. The van der Waals surface area contributed by atoms with E-state index in [1.165, 1.54) is 4.90 Å². The fraction of sp³-hybridized carbons (Fsp3) is 0.300. The zero-order chi connectivity index (χ0) is 18.6. The maximum Gasteiger partial charge on any atom is 0.244 e. The van der Waals surface area contributed by atoms with E-state index in [2.05, 4.69) is 5.32 Å². The summed E-state index contributed by atoms with van der Waals surface area (Å²) in [4.78, 5) is 26.1. The maximum atomic E-state index is 12.4. The second kappa shape index (κ2) is 9.36. The molecule has 5 nitrogen and oxygen atoms in total. The van der Waals surface area contributed by atoms with Crippen LogP contribution in [0.5, 0.6) is 0 Å². The molecule has 2 amide bonds. The van der Waals surface area contributed by atoms with E-state index in [0.717, 1.165) is 27.9 Å². The molecule has 0 aliphatic carbocycles. The van der Waals surface area contributed by atoms with Gasteiger partial charge in [-0.2, -0.15) is 0 Å². The van der Waals surface area contributed by atoms with Crippen molar-refractivity contribution in [2.45, 2.75) is 26.8 Å². The van der Waals surface area contributed by atoms with Gasteiger partial charge in [0.1, 0.15) is 6.04 Å². The minimum absolute atomic E-state index is 0. The first kappa shape index (κ1) is 21.7. The number of likely N-dealkylation sites (N-methyl/N-ethyl adjacent to an activating group) is 1. The smallest absolute Gasteiger partial charge is 0.244 e. The van der Waals surface area contributed by atoms with E-state index >= 15 is 0 Å². The lowest BCUT2D eigenvalue weighted by Crippen LogP contribution is -2.40. The lowest BCUT2D eigenvalue weighted by molar-refractivity contribution is -0.134. The van der Waals surface area contributed by atoms with Crippen molar-refractivity contribution >= 4 is 29.9 Å². The summed E-state index contributed by atoms with van der Waals surface area (Å²) >= 11 is 0. The van der Waals surface area contributed by atoms with Crippen molar-refractivity contribution in [1.82, 2.24) is 4.90 Å². The highest BCUT2D eigenvalue weighted by molar-refractivity contribution is 5.96. The molecule has 0 saturated heterocycles. The van der Waals surface area contributed by atoms with Crippen molar-refractivity contribution in [2.24, 2.45) is 5.73 Å². The molecular weight excluding hydrogens is 350 g/mol. The Kier molecular flexibility index (Phi) is 7.80. The molecule has 1 atom stereocenters. The predicted molar refractivity (Wildman–Crippen MR) is 108 cm³/mol. The number of nitrogens with zero attached hydrogens (tertiary/aromatic N) is 1. The average Bonchev–Trinajstić information content (AvgIpc) is 2.57. The van der Waals surface area contributed by atoms with Crippen LogP contribution in [0.4, 0.5) is 5.69 Å². The van der Waals surface area contributed by atoms with Gasteiger partial charge < -0.3 is 16.0 Å². The third-order valence-corrected chi connectivity index (χ3v) is 4.12. The van der Waals surface area contributed by atoms with Gasteiger partial charge in [-0.1, -0.05) is 48.0 Å². The Hall–Kier alpha value is -2.37. The van der Waals surface area contributed by atoms with Gasteiger partial charge in [-0.05, 0) is 37.5 Å². The molecule has 26 heavy (non-hydrogen) atoms. The molecule has 0 bridgehead atoms. The summed E-state index contributed by atoms with van der Waals surface area (Å²) in [5.41, 5.74) is 10.7. The second-order valence-corrected chi connectivity index (χ2v) is 6.40. The van der Waals surface area contributed by atoms with Gasteiger partial charge >= 0.3 is 0 Å². The number of amides is 2. The van der Waals surface area contributed by atoms with Gasteiger partial charge in [-0.15, -0.1) is 12.4 Å². The molecule has 0 spiro atoms. The Morgan fingerprint density at radius 2 is 1.62 bits per heavy atom. The van der Waals surface area contributed by atoms with Crippen LogP contribution in [0.2, 0.25) is 0 Å². The number of benzene rings is 2. The van der Waals surface area contributed by atoms with Gasteiger partial charge in [-0.3, -0.25) is 9.59 Å². The summed E-state index contributed by atoms with van der Waals surface area (Å²) in [6.07, 6.45) is 0. The molecule has 0 saturated carbocycles. The fourth-order valence-electron chi connectivity index (χ4n) is 2.89. The normalized spacial score (nSPS) is 11.3. The molecular formula is C20H26ClN3O2. The number of carbonyl (C=O) groups excluding carboxylic acids is 2. The summed E-state index contributed by atoms with van der Waals surface area (Å²) in [5, 5.41) is 2.90. The minimum atomic E-state index is -0.776. The summed E-state index contributed by atoms with van der Waals surface area (Å²) in [7, 11) is 1.58. The van der Waals surface area contributed by atoms with E-state index in [0.29, 0.717) is 0 Å². The van der Waals surface area contributed by atoms with Crippen LogP contribution in [-0.2, 0) is 9.59 Å². The lowest BCUT2D eigenvalue weighted by Gasteiger charge is -2.22. The van der Waals surface area contributed by atoms with Crippen molar-refractivity contribution in [1.29, 1.82) is 0 Å². The van der Waals surface area contributed by atoms with Crippen molar-refractivity contribution in [3.8, 4) is 0 Å². The van der Waals surface area contributed by atoms with Gasteiger partial charge in [0.2, 0.25) is 11.8 Å². The van der Waals surface area contributed by atoms with E-state index in [9.17, 15) is 9.59 Å². The Balaban J connectivity index is 0.00000338. The molecule has 3 N–H and O–H groups in total. The van der Waals surface area contributed by atoms with Gasteiger partial charge in [0.25, 0.3) is 0 Å². The van der Waals surface area contributed by atoms with Crippen LogP contribution >= 0.6 is 12.4 Å². The zero-order valence-electron chi connectivity index (χ0n) is 15.6. The number of anilines is 1. The van der Waals surface area contributed by atoms with Crippen molar-refractivity contribution in [2.75, 3.05) is 18.9 Å². The molecule has 0 aliphatic rings. The fourth-order valence-corrected chi connectivity index (χ4v) is 2.89. The monoisotopic (exact) mass is 375 g/mol. The zero-order valence-corrected chi connectivity index (χ0v) is 16.4. The van der Waals surface area contributed by atoms with Crippen LogP contribution in [-0.4, -0.2) is 30.3 Å². The molecule has 2 rings (SSSR count). The summed E-state index contributed by atoms with van der Waals surface area (Å²) in [6, 6.07) is 12.4. The third kappa shape index (κ3) is 5.31. The van der Waals surface area contributed by atoms with E-state index in [-0.39, 0.29) is 30.8 Å². The molecule has 0 heterocycles. The van der Waals surface area contributed by atoms with Gasteiger partial charge in [0, 0.05) is 12.7 Å². The number of rotatable bonds is 5. The molecule has 6 heteroatoms. The second-order valence-electron chi connectivity index (χ2n) is 6.40. The Morgan fingerprint density at radius 1 is 1.08 bits per heavy atom. The molecule has 0 fully saturated rings. The van der Waals surface area contributed by atoms with Crippen molar-refractivity contribution in [3.05, 3.63) is 64.7 Å². The molecule has 1 unspecified atom stereocenters. The van der Waals surface area contributed by atoms with E-state index in [1.807, 2.05) is 51.1 Å². The quantitative estimate of drug-likeness (QED) is 0.842. The molecule has 0 radical (unpaired) electrons. The SMILES string of the molecule is Cc1cc(C)c(NC(=O)CN(C)C(=O)C(N)c2ccccc2)c(C)c1.Cl. The highest BCUT2D eigenvalue weighted by Crippen LogP contribution is 2.22. The van der Waals surface area contributed by atoms with Crippen LogP contribution < -0.4 is 11.1 Å². The molecule has 0 aromatic heterocycles. The van der Waals surface area contributed by atoms with Crippen LogP contribution in [0.1, 0.15) is 28.3 Å². The third-order valence-electron chi connectivity index (χ3n) is 4.12. The number of nitrogens with two attached hydrogens (primary N) is 1. The number of hydrogen-bond acceptors (Lipinski definition) is 3. The first-order valence-electron chi connectivity index (χ1n) is 8.22. The first-order chi connectivity index (χ1) is 11.8. The highest BCUT2D eigenvalue weighted by atomic mass is 35.5. The van der Waals surface area contributed by atoms with E-state index < -0.39 is 6.04 Å². The molecule has 2 aromatic rings. The standard InChI is InChI=1S/C20H25N3O2.ClH/c1-13-10-14(2)19(15(3)11-13)22-17(24)12-23(4)20(25)18(21)16-8-6-5-7-9-16;/h5-11,18H,12,21H2,1-4H3,(H,22,24);1H. The first-order valence-corrected chi connectivity index (χ1v) is 8.22. The number of nitrogens with one attached hydrogen (secondary N) is 1. The summed E-state index contributed by atoms with van der Waals surface area (Å²) < 4.78 is 0.